The van der Waals surface area contributed by atoms with Crippen LogP contribution < -0.4 is 5.73 Å². The molecule has 0 bridgehead atoms. The summed E-state index contributed by atoms with van der Waals surface area (Å²) < 4.78 is 0. The van der Waals surface area contributed by atoms with Crippen LogP contribution >= 0.6 is 0 Å². The monoisotopic (exact) mass is 240 g/mol. The SMILES string of the molecule is CC(C)CC(CN)CCN1CCCCCCC1. The van der Waals surface area contributed by atoms with Gasteiger partial charge in [0.05, 0.1) is 0 Å². The molecule has 0 aliphatic carbocycles. The highest BCUT2D eigenvalue weighted by molar-refractivity contribution is 4.68. The molecular formula is C15H32N2. The topological polar surface area (TPSA) is 29.3 Å². The van der Waals surface area contributed by atoms with E-state index in [1.807, 2.05) is 0 Å². The van der Waals surface area contributed by atoms with Crippen molar-refractivity contribution in [2.24, 2.45) is 17.6 Å². The zero-order valence-corrected chi connectivity index (χ0v) is 12.0. The molecule has 1 heterocycles. The minimum atomic E-state index is 0.737. The molecule has 17 heavy (non-hydrogen) atoms. The van der Waals surface area contributed by atoms with Crippen LogP contribution in [0.25, 0.3) is 0 Å². The van der Waals surface area contributed by atoms with Crippen molar-refractivity contribution in [1.82, 2.24) is 4.90 Å². The summed E-state index contributed by atoms with van der Waals surface area (Å²) in [6.45, 7) is 9.38. The summed E-state index contributed by atoms with van der Waals surface area (Å²) in [5.74, 6) is 1.52. The molecule has 2 N–H and O–H groups in total. The second-order valence-electron chi connectivity index (χ2n) is 6.13. The van der Waals surface area contributed by atoms with Gasteiger partial charge in [0.25, 0.3) is 0 Å². The van der Waals surface area contributed by atoms with Crippen LogP contribution in [0, 0.1) is 11.8 Å². The van der Waals surface area contributed by atoms with E-state index in [2.05, 4.69) is 18.7 Å². The molecule has 102 valence electrons. The number of nitrogens with two attached hydrogens (primary N) is 1. The largest absolute Gasteiger partial charge is 0.330 e. The van der Waals surface area contributed by atoms with Crippen molar-refractivity contribution >= 4 is 0 Å². The molecule has 1 aliphatic rings. The smallest absolute Gasteiger partial charge is 0.00156 e. The molecule has 2 heteroatoms. The van der Waals surface area contributed by atoms with Crippen LogP contribution in [0.15, 0.2) is 0 Å². The fourth-order valence-corrected chi connectivity index (χ4v) is 2.90. The Morgan fingerprint density at radius 2 is 1.59 bits per heavy atom. The molecule has 0 amide bonds. The minimum Gasteiger partial charge on any atom is -0.330 e. The minimum absolute atomic E-state index is 0.737. The van der Waals surface area contributed by atoms with Gasteiger partial charge in [0, 0.05) is 0 Å². The second kappa shape index (κ2) is 8.93. The summed E-state index contributed by atoms with van der Waals surface area (Å²) in [4.78, 5) is 2.67. The first kappa shape index (κ1) is 15.0. The van der Waals surface area contributed by atoms with Gasteiger partial charge >= 0.3 is 0 Å². The van der Waals surface area contributed by atoms with E-state index in [-0.39, 0.29) is 0 Å². The lowest BCUT2D eigenvalue weighted by atomic mass is 9.94. The number of rotatable bonds is 6. The van der Waals surface area contributed by atoms with E-state index in [0.29, 0.717) is 0 Å². The van der Waals surface area contributed by atoms with Crippen molar-refractivity contribution in [3.05, 3.63) is 0 Å². The summed E-state index contributed by atoms with van der Waals surface area (Å²) in [6.07, 6.45) is 9.71. The van der Waals surface area contributed by atoms with Crippen LogP contribution in [-0.4, -0.2) is 31.1 Å². The average Bonchev–Trinajstić information content (AvgIpc) is 2.25. The van der Waals surface area contributed by atoms with Crippen LogP contribution in [0.3, 0.4) is 0 Å². The van der Waals surface area contributed by atoms with E-state index in [9.17, 15) is 0 Å². The third kappa shape index (κ3) is 7.05. The Bertz CT molecular complexity index is 172. The van der Waals surface area contributed by atoms with Crippen molar-refractivity contribution in [3.63, 3.8) is 0 Å². The molecule has 0 aromatic rings. The summed E-state index contributed by atoms with van der Waals surface area (Å²) in [7, 11) is 0. The molecule has 0 aromatic heterocycles. The second-order valence-corrected chi connectivity index (χ2v) is 6.13. The third-order valence-corrected chi connectivity index (χ3v) is 3.94. The Morgan fingerprint density at radius 1 is 1.00 bits per heavy atom. The number of hydrogen-bond acceptors (Lipinski definition) is 2. The van der Waals surface area contributed by atoms with E-state index in [0.717, 1.165) is 18.4 Å². The molecule has 0 radical (unpaired) electrons. The Labute approximate surface area is 108 Å². The quantitative estimate of drug-likeness (QED) is 0.772. The van der Waals surface area contributed by atoms with Gasteiger partial charge in [0.1, 0.15) is 0 Å². The maximum absolute atomic E-state index is 5.87. The maximum atomic E-state index is 5.87. The van der Waals surface area contributed by atoms with E-state index in [1.165, 1.54) is 64.6 Å². The fourth-order valence-electron chi connectivity index (χ4n) is 2.90. The normalized spacial score (nSPS) is 21.2. The van der Waals surface area contributed by atoms with Crippen molar-refractivity contribution < 1.29 is 0 Å². The molecule has 0 saturated carbocycles. The van der Waals surface area contributed by atoms with E-state index in [1.54, 1.807) is 0 Å². The molecule has 0 aromatic carbocycles. The molecule has 1 atom stereocenters. The summed E-state index contributed by atoms with van der Waals surface area (Å²) in [5, 5.41) is 0. The number of nitrogens with zero attached hydrogens (tertiary/aromatic N) is 1. The highest BCUT2D eigenvalue weighted by Gasteiger charge is 2.13. The fraction of sp³-hybridized carbons (Fsp3) is 1.00. The Hall–Kier alpha value is -0.0800. The molecular weight excluding hydrogens is 208 g/mol. The van der Waals surface area contributed by atoms with Crippen LogP contribution in [0.5, 0.6) is 0 Å². The van der Waals surface area contributed by atoms with E-state index in [4.69, 9.17) is 5.73 Å². The van der Waals surface area contributed by atoms with Crippen molar-refractivity contribution in [3.8, 4) is 0 Å². The standard InChI is InChI=1S/C15H32N2/c1-14(2)12-15(13-16)8-11-17-9-6-4-3-5-7-10-17/h14-15H,3-13,16H2,1-2H3. The van der Waals surface area contributed by atoms with Crippen LogP contribution in [0.4, 0.5) is 0 Å². The zero-order chi connectivity index (χ0) is 12.5. The zero-order valence-electron chi connectivity index (χ0n) is 12.0. The Kier molecular flexibility index (Phi) is 7.87. The third-order valence-electron chi connectivity index (χ3n) is 3.94. The van der Waals surface area contributed by atoms with Gasteiger partial charge in [-0.1, -0.05) is 33.1 Å². The maximum Gasteiger partial charge on any atom is -0.00156 e. The van der Waals surface area contributed by atoms with Gasteiger partial charge in [-0.15, -0.1) is 0 Å². The Morgan fingerprint density at radius 3 is 2.12 bits per heavy atom. The lowest BCUT2D eigenvalue weighted by molar-refractivity contribution is 0.224. The van der Waals surface area contributed by atoms with Gasteiger partial charge < -0.3 is 10.6 Å². The van der Waals surface area contributed by atoms with Gasteiger partial charge in [0.15, 0.2) is 0 Å². The van der Waals surface area contributed by atoms with Crippen LogP contribution in [0.1, 0.15) is 58.8 Å². The van der Waals surface area contributed by atoms with Gasteiger partial charge in [-0.05, 0) is 63.7 Å². The van der Waals surface area contributed by atoms with Gasteiger partial charge in [0.2, 0.25) is 0 Å². The molecule has 1 aliphatic heterocycles. The van der Waals surface area contributed by atoms with E-state index < -0.39 is 0 Å². The van der Waals surface area contributed by atoms with E-state index >= 15 is 0 Å². The van der Waals surface area contributed by atoms with Crippen molar-refractivity contribution in [2.45, 2.75) is 58.8 Å². The predicted molar refractivity (Wildman–Crippen MR) is 76.1 cm³/mol. The molecule has 1 unspecified atom stereocenters. The van der Waals surface area contributed by atoms with Crippen LogP contribution in [-0.2, 0) is 0 Å². The highest BCUT2D eigenvalue weighted by Crippen LogP contribution is 2.16. The van der Waals surface area contributed by atoms with Gasteiger partial charge in [-0.2, -0.15) is 0 Å². The molecule has 2 nitrogen and oxygen atoms in total. The van der Waals surface area contributed by atoms with Crippen molar-refractivity contribution in [2.75, 3.05) is 26.2 Å². The van der Waals surface area contributed by atoms with Crippen LogP contribution in [0.2, 0.25) is 0 Å². The summed E-state index contributed by atoms with van der Waals surface area (Å²) in [6, 6.07) is 0. The number of likely N-dealkylation sites (tertiary alicyclic amines) is 1. The summed E-state index contributed by atoms with van der Waals surface area (Å²) in [5.41, 5.74) is 5.87. The first-order chi connectivity index (χ1) is 8.22. The molecule has 1 rings (SSSR count). The predicted octanol–water partition coefficient (Wildman–Crippen LogP) is 3.26. The molecule has 1 fully saturated rings. The Balaban J connectivity index is 2.21. The average molecular weight is 240 g/mol. The molecule has 1 saturated heterocycles. The lowest BCUT2D eigenvalue weighted by Crippen LogP contribution is -2.31. The highest BCUT2D eigenvalue weighted by atomic mass is 15.1. The lowest BCUT2D eigenvalue weighted by Gasteiger charge is -2.26. The first-order valence-electron chi connectivity index (χ1n) is 7.64. The van der Waals surface area contributed by atoms with Gasteiger partial charge in [-0.25, -0.2) is 0 Å². The van der Waals surface area contributed by atoms with Gasteiger partial charge in [-0.3, -0.25) is 0 Å². The van der Waals surface area contributed by atoms with Crippen molar-refractivity contribution in [1.29, 1.82) is 0 Å². The summed E-state index contributed by atoms with van der Waals surface area (Å²) >= 11 is 0. The number of hydrogen-bond donors (Lipinski definition) is 1. The first-order valence-corrected chi connectivity index (χ1v) is 7.64. The molecule has 0 spiro atoms.